The first-order chi connectivity index (χ1) is 12.0. The van der Waals surface area contributed by atoms with Crippen molar-refractivity contribution >= 4 is 27.6 Å². The Labute approximate surface area is 155 Å². The first-order valence-electron chi connectivity index (χ1n) is 7.82. The Morgan fingerprint density at radius 1 is 0.960 bits per heavy atom. The minimum atomic E-state index is -0.143. The number of carbonyl (C=O) groups excluding carboxylic acids is 2. The number of rotatable bonds is 8. The summed E-state index contributed by atoms with van der Waals surface area (Å²) in [6.45, 7) is 2.30. The molecule has 0 saturated heterocycles. The van der Waals surface area contributed by atoms with Crippen LogP contribution in [-0.4, -0.2) is 43.4 Å². The molecule has 0 unspecified atom stereocenters. The lowest BCUT2D eigenvalue weighted by Crippen LogP contribution is -2.34. The summed E-state index contributed by atoms with van der Waals surface area (Å²) in [7, 11) is 1.70. The van der Waals surface area contributed by atoms with Crippen molar-refractivity contribution in [3.05, 3.63) is 58.6 Å². The third kappa shape index (κ3) is 6.23. The van der Waals surface area contributed by atoms with Crippen LogP contribution in [0.4, 0.5) is 0 Å². The van der Waals surface area contributed by atoms with Crippen molar-refractivity contribution in [3.8, 4) is 11.5 Å². The lowest BCUT2D eigenvalue weighted by atomic mass is 10.1. The molecule has 0 aliphatic carbocycles. The summed E-state index contributed by atoms with van der Waals surface area (Å²) in [6.07, 6.45) is 0. The van der Waals surface area contributed by atoms with E-state index in [1.54, 1.807) is 36.2 Å². The molecule has 1 amide bonds. The van der Waals surface area contributed by atoms with E-state index in [-0.39, 0.29) is 18.3 Å². The van der Waals surface area contributed by atoms with Crippen LogP contribution in [0.3, 0.4) is 0 Å². The topological polar surface area (TPSA) is 55.8 Å². The highest BCUT2D eigenvalue weighted by Crippen LogP contribution is 2.16. The summed E-state index contributed by atoms with van der Waals surface area (Å²) >= 11 is 3.36. The third-order valence-electron chi connectivity index (χ3n) is 3.56. The van der Waals surface area contributed by atoms with E-state index in [2.05, 4.69) is 15.9 Å². The molecule has 5 nitrogen and oxygen atoms in total. The molecule has 0 saturated carbocycles. The van der Waals surface area contributed by atoms with Crippen LogP contribution in [0.5, 0.6) is 11.5 Å². The van der Waals surface area contributed by atoms with Crippen LogP contribution in [0.15, 0.2) is 53.0 Å². The molecular formula is C19H20BrNO4. The summed E-state index contributed by atoms with van der Waals surface area (Å²) in [5.41, 5.74) is 0.612. The maximum absolute atomic E-state index is 12.1. The predicted octanol–water partition coefficient (Wildman–Crippen LogP) is 3.57. The molecule has 132 valence electrons. The zero-order valence-electron chi connectivity index (χ0n) is 14.2. The van der Waals surface area contributed by atoms with Gasteiger partial charge >= 0.3 is 0 Å². The van der Waals surface area contributed by atoms with E-state index in [9.17, 15) is 9.59 Å². The third-order valence-corrected chi connectivity index (χ3v) is 4.09. The van der Waals surface area contributed by atoms with Gasteiger partial charge in [0.15, 0.2) is 12.4 Å². The number of halogens is 1. The fraction of sp³-hybridized carbons (Fsp3) is 0.263. The normalized spacial score (nSPS) is 10.2. The van der Waals surface area contributed by atoms with Crippen LogP contribution in [0, 0.1) is 0 Å². The van der Waals surface area contributed by atoms with Crippen LogP contribution in [0.1, 0.15) is 17.3 Å². The van der Waals surface area contributed by atoms with Gasteiger partial charge in [-0.15, -0.1) is 0 Å². The second-order valence-electron chi connectivity index (χ2n) is 5.49. The van der Waals surface area contributed by atoms with E-state index >= 15 is 0 Å². The van der Waals surface area contributed by atoms with Crippen molar-refractivity contribution in [1.82, 2.24) is 4.90 Å². The molecule has 0 aromatic heterocycles. The molecular weight excluding hydrogens is 386 g/mol. The standard InChI is InChI=1S/C19H20BrNO4/c1-14(22)15-3-7-18(8-4-15)25-13-19(23)21(2)11-12-24-17-9-5-16(20)6-10-17/h3-10H,11-13H2,1-2H3. The highest BCUT2D eigenvalue weighted by molar-refractivity contribution is 9.10. The monoisotopic (exact) mass is 405 g/mol. The average Bonchev–Trinajstić information content (AvgIpc) is 2.61. The number of hydrogen-bond donors (Lipinski definition) is 0. The number of ketones is 1. The van der Waals surface area contributed by atoms with Crippen LogP contribution in [-0.2, 0) is 4.79 Å². The minimum absolute atomic E-state index is 0.00636. The smallest absolute Gasteiger partial charge is 0.260 e. The van der Waals surface area contributed by atoms with Gasteiger partial charge in [0.1, 0.15) is 18.1 Å². The van der Waals surface area contributed by atoms with Crippen LogP contribution in [0.25, 0.3) is 0 Å². The number of benzene rings is 2. The second kappa shape index (κ2) is 9.22. The number of likely N-dealkylation sites (N-methyl/N-ethyl adjacent to an activating group) is 1. The molecule has 0 spiro atoms. The number of Topliss-reactive ketones (excluding diaryl/α,β-unsaturated/α-hetero) is 1. The number of nitrogens with zero attached hydrogens (tertiary/aromatic N) is 1. The summed E-state index contributed by atoms with van der Waals surface area (Å²) in [6, 6.07) is 14.2. The van der Waals surface area contributed by atoms with E-state index in [1.165, 1.54) is 6.92 Å². The molecule has 0 radical (unpaired) electrons. The van der Waals surface area contributed by atoms with Gasteiger partial charge in [-0.3, -0.25) is 9.59 Å². The summed E-state index contributed by atoms with van der Waals surface area (Å²) in [4.78, 5) is 24.8. The number of hydrogen-bond acceptors (Lipinski definition) is 4. The average molecular weight is 406 g/mol. The molecule has 0 aliphatic rings. The fourth-order valence-electron chi connectivity index (χ4n) is 2.00. The van der Waals surface area contributed by atoms with E-state index in [1.807, 2.05) is 24.3 Å². The van der Waals surface area contributed by atoms with E-state index in [0.717, 1.165) is 10.2 Å². The van der Waals surface area contributed by atoms with Gasteiger partial charge in [0.25, 0.3) is 5.91 Å². The van der Waals surface area contributed by atoms with Crippen molar-refractivity contribution < 1.29 is 19.1 Å². The van der Waals surface area contributed by atoms with Gasteiger partial charge in [0.05, 0.1) is 6.54 Å². The maximum atomic E-state index is 12.1. The Morgan fingerprint density at radius 3 is 2.12 bits per heavy atom. The Morgan fingerprint density at radius 2 is 1.52 bits per heavy atom. The van der Waals surface area contributed by atoms with Crippen molar-refractivity contribution in [2.24, 2.45) is 0 Å². The van der Waals surface area contributed by atoms with Crippen LogP contribution >= 0.6 is 15.9 Å². The second-order valence-corrected chi connectivity index (χ2v) is 6.40. The Kier molecular flexibility index (Phi) is 7.01. The molecule has 0 N–H and O–H groups in total. The number of ether oxygens (including phenoxy) is 2. The van der Waals surface area contributed by atoms with Gasteiger partial charge in [-0.1, -0.05) is 15.9 Å². The summed E-state index contributed by atoms with van der Waals surface area (Å²) < 4.78 is 12.0. The quantitative estimate of drug-likeness (QED) is 0.629. The highest BCUT2D eigenvalue weighted by atomic mass is 79.9. The molecule has 0 aliphatic heterocycles. The largest absolute Gasteiger partial charge is 0.492 e. The van der Waals surface area contributed by atoms with Gasteiger partial charge in [-0.25, -0.2) is 0 Å². The number of carbonyl (C=O) groups is 2. The molecule has 0 heterocycles. The summed E-state index contributed by atoms with van der Waals surface area (Å²) in [5, 5.41) is 0. The van der Waals surface area contributed by atoms with Gasteiger partial charge in [0, 0.05) is 17.1 Å². The van der Waals surface area contributed by atoms with Crippen molar-refractivity contribution in [2.45, 2.75) is 6.92 Å². The lowest BCUT2D eigenvalue weighted by molar-refractivity contribution is -0.132. The molecule has 0 atom stereocenters. The number of amides is 1. The van der Waals surface area contributed by atoms with Gasteiger partial charge < -0.3 is 14.4 Å². The predicted molar refractivity (Wildman–Crippen MR) is 99.2 cm³/mol. The molecule has 2 aromatic rings. The SMILES string of the molecule is CC(=O)c1ccc(OCC(=O)N(C)CCOc2ccc(Br)cc2)cc1. The molecule has 2 rings (SSSR count). The van der Waals surface area contributed by atoms with Crippen molar-refractivity contribution in [1.29, 1.82) is 0 Å². The van der Waals surface area contributed by atoms with E-state index in [0.29, 0.717) is 24.5 Å². The molecule has 0 fully saturated rings. The Bertz CT molecular complexity index is 713. The molecule has 25 heavy (non-hydrogen) atoms. The van der Waals surface area contributed by atoms with Crippen molar-refractivity contribution in [2.75, 3.05) is 26.8 Å². The first kappa shape index (κ1) is 19.0. The molecule has 2 aromatic carbocycles. The van der Waals surface area contributed by atoms with E-state index < -0.39 is 0 Å². The first-order valence-corrected chi connectivity index (χ1v) is 8.61. The minimum Gasteiger partial charge on any atom is -0.492 e. The van der Waals surface area contributed by atoms with Gasteiger partial charge in [0.2, 0.25) is 0 Å². The maximum Gasteiger partial charge on any atom is 0.260 e. The van der Waals surface area contributed by atoms with Crippen molar-refractivity contribution in [3.63, 3.8) is 0 Å². The zero-order valence-corrected chi connectivity index (χ0v) is 15.8. The van der Waals surface area contributed by atoms with Gasteiger partial charge in [-0.05, 0) is 55.5 Å². The van der Waals surface area contributed by atoms with E-state index in [4.69, 9.17) is 9.47 Å². The summed E-state index contributed by atoms with van der Waals surface area (Å²) in [5.74, 6) is 1.16. The Balaban J connectivity index is 1.72. The van der Waals surface area contributed by atoms with Crippen LogP contribution in [0.2, 0.25) is 0 Å². The highest BCUT2D eigenvalue weighted by Gasteiger charge is 2.10. The molecule has 6 heteroatoms. The zero-order chi connectivity index (χ0) is 18.2. The fourth-order valence-corrected chi connectivity index (χ4v) is 2.26. The lowest BCUT2D eigenvalue weighted by Gasteiger charge is -2.18. The Hall–Kier alpha value is -2.34. The van der Waals surface area contributed by atoms with Crippen LogP contribution < -0.4 is 9.47 Å². The molecule has 0 bridgehead atoms. The van der Waals surface area contributed by atoms with Gasteiger partial charge in [-0.2, -0.15) is 0 Å².